The molecule has 0 saturated carbocycles. The summed E-state index contributed by atoms with van der Waals surface area (Å²) < 4.78 is 10.7. The fourth-order valence-electron chi connectivity index (χ4n) is 2.87. The van der Waals surface area contributed by atoms with Crippen LogP contribution in [0.3, 0.4) is 0 Å². The Hall–Kier alpha value is -2.49. The van der Waals surface area contributed by atoms with Gasteiger partial charge in [-0.3, -0.25) is 4.79 Å². The lowest BCUT2D eigenvalue weighted by Gasteiger charge is -2.21. The van der Waals surface area contributed by atoms with Gasteiger partial charge in [-0.25, -0.2) is 0 Å². The van der Waals surface area contributed by atoms with E-state index >= 15 is 0 Å². The third-order valence-corrected chi connectivity index (χ3v) is 3.95. The van der Waals surface area contributed by atoms with E-state index in [1.807, 2.05) is 56.0 Å². The second-order valence-corrected chi connectivity index (χ2v) is 5.88. The van der Waals surface area contributed by atoms with Crippen molar-refractivity contribution in [2.75, 3.05) is 13.3 Å². The molecule has 1 aliphatic heterocycles. The molecule has 4 nitrogen and oxygen atoms in total. The van der Waals surface area contributed by atoms with Gasteiger partial charge in [0.15, 0.2) is 11.5 Å². The van der Waals surface area contributed by atoms with Gasteiger partial charge in [-0.15, -0.1) is 0 Å². The van der Waals surface area contributed by atoms with Gasteiger partial charge in [0.1, 0.15) is 0 Å². The largest absolute Gasteiger partial charge is 0.454 e. The minimum Gasteiger partial charge on any atom is -0.454 e. The maximum atomic E-state index is 12.8. The fourth-order valence-corrected chi connectivity index (χ4v) is 2.87. The molecule has 0 atom stereocenters. The van der Waals surface area contributed by atoms with Crippen molar-refractivity contribution in [1.82, 2.24) is 4.90 Å². The molecular weight excluding hydrogens is 290 g/mol. The number of rotatable bonds is 4. The lowest BCUT2D eigenvalue weighted by Crippen LogP contribution is -2.30. The van der Waals surface area contributed by atoms with Gasteiger partial charge in [0, 0.05) is 18.7 Å². The van der Waals surface area contributed by atoms with Crippen LogP contribution < -0.4 is 9.47 Å². The highest BCUT2D eigenvalue weighted by atomic mass is 16.7. The molecule has 1 amide bonds. The van der Waals surface area contributed by atoms with Crippen molar-refractivity contribution in [3.63, 3.8) is 0 Å². The van der Waals surface area contributed by atoms with Crippen LogP contribution in [0.1, 0.15) is 34.0 Å². The Morgan fingerprint density at radius 1 is 1.04 bits per heavy atom. The Morgan fingerprint density at radius 2 is 1.74 bits per heavy atom. The van der Waals surface area contributed by atoms with Crippen molar-refractivity contribution in [1.29, 1.82) is 0 Å². The molecule has 0 saturated heterocycles. The molecule has 0 bridgehead atoms. The van der Waals surface area contributed by atoms with Crippen molar-refractivity contribution >= 4 is 5.91 Å². The molecular formula is C19H21NO3. The van der Waals surface area contributed by atoms with Gasteiger partial charge < -0.3 is 14.4 Å². The lowest BCUT2D eigenvalue weighted by molar-refractivity contribution is 0.0752. The topological polar surface area (TPSA) is 38.8 Å². The fraction of sp³-hybridized carbons (Fsp3) is 0.316. The zero-order valence-corrected chi connectivity index (χ0v) is 13.8. The van der Waals surface area contributed by atoms with Gasteiger partial charge >= 0.3 is 0 Å². The number of benzene rings is 2. The maximum absolute atomic E-state index is 12.8. The van der Waals surface area contributed by atoms with Crippen LogP contribution in [0.4, 0.5) is 0 Å². The van der Waals surface area contributed by atoms with Gasteiger partial charge in [0.2, 0.25) is 6.79 Å². The highest BCUT2D eigenvalue weighted by Gasteiger charge is 2.18. The van der Waals surface area contributed by atoms with E-state index in [4.69, 9.17) is 9.47 Å². The smallest absolute Gasteiger partial charge is 0.254 e. The van der Waals surface area contributed by atoms with E-state index in [9.17, 15) is 4.79 Å². The number of nitrogens with zero attached hydrogens (tertiary/aromatic N) is 1. The molecule has 120 valence electrons. The highest BCUT2D eigenvalue weighted by Crippen LogP contribution is 2.32. The minimum atomic E-state index is 0.0527. The normalized spacial score (nSPS) is 12.3. The molecule has 0 aliphatic carbocycles. The van der Waals surface area contributed by atoms with E-state index in [1.165, 1.54) is 0 Å². The maximum Gasteiger partial charge on any atom is 0.254 e. The first-order valence-corrected chi connectivity index (χ1v) is 7.83. The summed E-state index contributed by atoms with van der Waals surface area (Å²) in [5.74, 6) is 1.56. The van der Waals surface area contributed by atoms with Crippen LogP contribution in [0, 0.1) is 13.8 Å². The van der Waals surface area contributed by atoms with Crippen LogP contribution in [0.15, 0.2) is 36.4 Å². The van der Waals surface area contributed by atoms with Crippen molar-refractivity contribution in [3.05, 3.63) is 58.7 Å². The first-order valence-electron chi connectivity index (χ1n) is 7.83. The summed E-state index contributed by atoms with van der Waals surface area (Å²) in [5, 5.41) is 0. The van der Waals surface area contributed by atoms with Crippen LogP contribution in [-0.2, 0) is 6.54 Å². The number of carbonyl (C=O) groups is 1. The summed E-state index contributed by atoms with van der Waals surface area (Å²) in [4.78, 5) is 14.6. The molecule has 0 aromatic heterocycles. The van der Waals surface area contributed by atoms with Gasteiger partial charge in [-0.2, -0.15) is 0 Å². The highest BCUT2D eigenvalue weighted by molar-refractivity contribution is 5.94. The molecule has 1 heterocycles. The zero-order valence-electron chi connectivity index (χ0n) is 13.8. The van der Waals surface area contributed by atoms with Gasteiger partial charge in [0.25, 0.3) is 5.91 Å². The summed E-state index contributed by atoms with van der Waals surface area (Å²) in [6, 6.07) is 11.8. The van der Waals surface area contributed by atoms with Crippen molar-refractivity contribution in [3.8, 4) is 11.5 Å². The summed E-state index contributed by atoms with van der Waals surface area (Å²) in [5.41, 5.74) is 3.99. The number of aryl methyl sites for hydroxylation is 2. The van der Waals surface area contributed by atoms with Crippen LogP contribution >= 0.6 is 0 Å². The van der Waals surface area contributed by atoms with E-state index in [1.54, 1.807) is 0 Å². The standard InChI is InChI=1S/C19H21NO3/c1-4-20(19(21)16-8-13(2)7-14(3)9-16)11-15-5-6-17-18(10-15)23-12-22-17/h5-10H,4,11-12H2,1-3H3. The lowest BCUT2D eigenvalue weighted by atomic mass is 10.1. The first kappa shape index (κ1) is 15.4. The molecule has 0 unspecified atom stereocenters. The van der Waals surface area contributed by atoms with E-state index in [-0.39, 0.29) is 12.7 Å². The summed E-state index contributed by atoms with van der Waals surface area (Å²) >= 11 is 0. The Balaban J connectivity index is 1.80. The van der Waals surface area contributed by atoms with Gasteiger partial charge in [0.05, 0.1) is 0 Å². The molecule has 2 aromatic rings. The zero-order chi connectivity index (χ0) is 16.4. The van der Waals surface area contributed by atoms with Crippen LogP contribution in [0.5, 0.6) is 11.5 Å². The van der Waals surface area contributed by atoms with Gasteiger partial charge in [-0.05, 0) is 50.6 Å². The number of fused-ring (bicyclic) bond motifs is 1. The van der Waals surface area contributed by atoms with Crippen molar-refractivity contribution in [2.45, 2.75) is 27.3 Å². The van der Waals surface area contributed by atoms with E-state index in [0.29, 0.717) is 13.1 Å². The molecule has 3 rings (SSSR count). The van der Waals surface area contributed by atoms with E-state index < -0.39 is 0 Å². The molecule has 23 heavy (non-hydrogen) atoms. The molecule has 2 aromatic carbocycles. The summed E-state index contributed by atoms with van der Waals surface area (Å²) in [7, 11) is 0. The number of hydrogen-bond acceptors (Lipinski definition) is 3. The second kappa shape index (κ2) is 6.32. The second-order valence-electron chi connectivity index (χ2n) is 5.88. The van der Waals surface area contributed by atoms with E-state index in [2.05, 4.69) is 6.07 Å². The minimum absolute atomic E-state index is 0.0527. The Kier molecular flexibility index (Phi) is 4.24. The summed E-state index contributed by atoms with van der Waals surface area (Å²) in [6.07, 6.45) is 0. The third kappa shape index (κ3) is 3.31. The van der Waals surface area contributed by atoms with E-state index in [0.717, 1.165) is 33.8 Å². The van der Waals surface area contributed by atoms with Crippen molar-refractivity contribution < 1.29 is 14.3 Å². The number of carbonyl (C=O) groups excluding carboxylic acids is 1. The molecule has 0 radical (unpaired) electrons. The quantitative estimate of drug-likeness (QED) is 0.864. The molecule has 4 heteroatoms. The molecule has 0 N–H and O–H groups in total. The molecule has 0 spiro atoms. The Bertz CT molecular complexity index is 719. The average Bonchev–Trinajstić information content (AvgIpc) is 2.98. The monoisotopic (exact) mass is 311 g/mol. The summed E-state index contributed by atoms with van der Waals surface area (Å²) in [6.45, 7) is 7.49. The average molecular weight is 311 g/mol. The SMILES string of the molecule is CCN(Cc1ccc2c(c1)OCO2)C(=O)c1cc(C)cc(C)c1. The predicted octanol–water partition coefficient (Wildman–Crippen LogP) is 3.69. The van der Waals surface area contributed by atoms with Crippen LogP contribution in [-0.4, -0.2) is 24.1 Å². The van der Waals surface area contributed by atoms with Crippen LogP contribution in [0.25, 0.3) is 0 Å². The molecule has 0 fully saturated rings. The number of amides is 1. The molecule has 1 aliphatic rings. The number of ether oxygens (including phenoxy) is 2. The Morgan fingerprint density at radius 3 is 2.43 bits per heavy atom. The Labute approximate surface area is 136 Å². The van der Waals surface area contributed by atoms with Gasteiger partial charge in [-0.1, -0.05) is 23.3 Å². The third-order valence-electron chi connectivity index (χ3n) is 3.95. The van der Waals surface area contributed by atoms with Crippen LogP contribution in [0.2, 0.25) is 0 Å². The van der Waals surface area contributed by atoms with Crippen molar-refractivity contribution in [2.24, 2.45) is 0 Å². The number of hydrogen-bond donors (Lipinski definition) is 0. The predicted molar refractivity (Wildman–Crippen MR) is 88.9 cm³/mol. The first-order chi connectivity index (χ1) is 11.1.